The molecule has 1 amide bonds. The molecule has 0 spiro atoms. The van der Waals surface area contributed by atoms with E-state index in [-0.39, 0.29) is 29.9 Å². The van der Waals surface area contributed by atoms with E-state index in [0.717, 1.165) is 51.8 Å². The van der Waals surface area contributed by atoms with Crippen LogP contribution in [0.5, 0.6) is 0 Å². The molecular formula is C20H34IN5O3. The number of furan rings is 1. The maximum atomic E-state index is 12.4. The minimum atomic E-state index is -0.0358. The lowest BCUT2D eigenvalue weighted by molar-refractivity contribution is 0.0657. The number of halogens is 1. The Bertz CT molecular complexity index is 632. The largest absolute Gasteiger partial charge is 0.459 e. The molecule has 0 aliphatic carbocycles. The van der Waals surface area contributed by atoms with Crippen molar-refractivity contribution >= 4 is 35.8 Å². The highest BCUT2D eigenvalue weighted by molar-refractivity contribution is 14.0. The van der Waals surface area contributed by atoms with Crippen LogP contribution in [0.15, 0.2) is 27.8 Å². The van der Waals surface area contributed by atoms with Crippen molar-refractivity contribution in [3.63, 3.8) is 0 Å². The van der Waals surface area contributed by atoms with Crippen LogP contribution in [0.1, 0.15) is 30.3 Å². The van der Waals surface area contributed by atoms with Crippen molar-refractivity contribution in [2.75, 3.05) is 66.1 Å². The third kappa shape index (κ3) is 6.58. The fourth-order valence-electron chi connectivity index (χ4n) is 3.90. The first-order valence-corrected chi connectivity index (χ1v) is 10.3. The molecule has 0 bridgehead atoms. The van der Waals surface area contributed by atoms with Gasteiger partial charge in [0.25, 0.3) is 5.91 Å². The first kappa shape index (κ1) is 23.9. The van der Waals surface area contributed by atoms with E-state index in [4.69, 9.17) is 14.1 Å². The summed E-state index contributed by atoms with van der Waals surface area (Å²) in [6, 6.07) is 3.96. The zero-order valence-corrected chi connectivity index (χ0v) is 19.8. The Kier molecular flexibility index (Phi) is 10.2. The smallest absolute Gasteiger partial charge is 0.289 e. The maximum absolute atomic E-state index is 12.4. The van der Waals surface area contributed by atoms with Crippen LogP contribution in [0.25, 0.3) is 0 Å². The number of hydrogen-bond acceptors (Lipinski definition) is 5. The van der Waals surface area contributed by atoms with Gasteiger partial charge in [0.05, 0.1) is 19.4 Å². The molecule has 164 valence electrons. The number of guanidine groups is 1. The van der Waals surface area contributed by atoms with Crippen LogP contribution in [-0.2, 0) is 4.74 Å². The van der Waals surface area contributed by atoms with Crippen molar-refractivity contribution in [1.82, 2.24) is 20.0 Å². The SMILES string of the molecule is CCNC(=NCC1CCCN1CCOC)N1CCN(C(=O)c2ccco2)CC1.I. The van der Waals surface area contributed by atoms with Crippen LogP contribution in [0, 0.1) is 0 Å². The Morgan fingerprint density at radius 1 is 1.28 bits per heavy atom. The number of carbonyl (C=O) groups is 1. The van der Waals surface area contributed by atoms with Crippen molar-refractivity contribution in [2.45, 2.75) is 25.8 Å². The summed E-state index contributed by atoms with van der Waals surface area (Å²) in [5.41, 5.74) is 0. The summed E-state index contributed by atoms with van der Waals surface area (Å²) in [6.07, 6.45) is 3.96. The van der Waals surface area contributed by atoms with Crippen molar-refractivity contribution in [3.8, 4) is 0 Å². The Balaban J connectivity index is 0.00000300. The van der Waals surface area contributed by atoms with E-state index < -0.39 is 0 Å². The third-order valence-corrected chi connectivity index (χ3v) is 5.47. The van der Waals surface area contributed by atoms with E-state index in [1.807, 2.05) is 4.90 Å². The van der Waals surface area contributed by atoms with Crippen LogP contribution in [-0.4, -0.2) is 98.7 Å². The Hall–Kier alpha value is -1.33. The molecule has 9 heteroatoms. The molecule has 8 nitrogen and oxygen atoms in total. The van der Waals surface area contributed by atoms with E-state index in [1.165, 1.54) is 12.8 Å². The highest BCUT2D eigenvalue weighted by atomic mass is 127. The molecule has 1 N–H and O–H groups in total. The van der Waals surface area contributed by atoms with Gasteiger partial charge < -0.3 is 24.3 Å². The van der Waals surface area contributed by atoms with Gasteiger partial charge in [-0.15, -0.1) is 24.0 Å². The van der Waals surface area contributed by atoms with E-state index in [1.54, 1.807) is 25.5 Å². The monoisotopic (exact) mass is 519 g/mol. The van der Waals surface area contributed by atoms with Crippen LogP contribution in [0.4, 0.5) is 0 Å². The number of methoxy groups -OCH3 is 1. The van der Waals surface area contributed by atoms with Crippen molar-refractivity contribution in [1.29, 1.82) is 0 Å². The summed E-state index contributed by atoms with van der Waals surface area (Å²) in [7, 11) is 1.75. The lowest BCUT2D eigenvalue weighted by atomic mass is 10.2. The van der Waals surface area contributed by atoms with Gasteiger partial charge >= 0.3 is 0 Å². The molecule has 2 saturated heterocycles. The molecule has 2 fully saturated rings. The molecule has 1 aromatic rings. The summed E-state index contributed by atoms with van der Waals surface area (Å²) in [5.74, 6) is 1.32. The molecule has 0 saturated carbocycles. The first-order chi connectivity index (χ1) is 13.7. The Labute approximate surface area is 190 Å². The molecule has 3 rings (SSSR count). The molecule has 2 aliphatic heterocycles. The minimum Gasteiger partial charge on any atom is -0.459 e. The number of rotatable bonds is 7. The van der Waals surface area contributed by atoms with Gasteiger partial charge in [-0.3, -0.25) is 14.7 Å². The van der Waals surface area contributed by atoms with Crippen molar-refractivity contribution in [3.05, 3.63) is 24.2 Å². The number of piperazine rings is 1. The summed E-state index contributed by atoms with van der Waals surface area (Å²) in [4.78, 5) is 23.9. The predicted molar refractivity (Wildman–Crippen MR) is 124 cm³/mol. The lowest BCUT2D eigenvalue weighted by Crippen LogP contribution is -2.54. The summed E-state index contributed by atoms with van der Waals surface area (Å²) >= 11 is 0. The number of ether oxygens (including phenoxy) is 1. The van der Waals surface area contributed by atoms with Gasteiger partial charge in [-0.25, -0.2) is 0 Å². The molecule has 1 unspecified atom stereocenters. The molecular weight excluding hydrogens is 485 g/mol. The van der Waals surface area contributed by atoms with Gasteiger partial charge in [-0.2, -0.15) is 0 Å². The Morgan fingerprint density at radius 2 is 2.03 bits per heavy atom. The number of aliphatic imine (C=N–C) groups is 1. The molecule has 29 heavy (non-hydrogen) atoms. The van der Waals surface area contributed by atoms with Crippen LogP contribution < -0.4 is 5.32 Å². The number of likely N-dealkylation sites (tertiary alicyclic amines) is 1. The molecule has 1 atom stereocenters. The lowest BCUT2D eigenvalue weighted by Gasteiger charge is -2.36. The van der Waals surface area contributed by atoms with Crippen molar-refractivity contribution in [2.24, 2.45) is 4.99 Å². The fraction of sp³-hybridized carbons (Fsp3) is 0.700. The molecule has 0 aromatic carbocycles. The second-order valence-corrected chi connectivity index (χ2v) is 7.28. The molecule has 2 aliphatic rings. The first-order valence-electron chi connectivity index (χ1n) is 10.3. The van der Waals surface area contributed by atoms with Gasteiger partial charge in [0, 0.05) is 52.4 Å². The fourth-order valence-corrected chi connectivity index (χ4v) is 3.90. The topological polar surface area (TPSA) is 73.6 Å². The zero-order chi connectivity index (χ0) is 19.8. The quantitative estimate of drug-likeness (QED) is 0.336. The summed E-state index contributed by atoms with van der Waals surface area (Å²) < 4.78 is 10.5. The number of nitrogens with zero attached hydrogens (tertiary/aromatic N) is 4. The predicted octanol–water partition coefficient (Wildman–Crippen LogP) is 1.73. The number of nitrogens with one attached hydrogen (secondary N) is 1. The van der Waals surface area contributed by atoms with Gasteiger partial charge in [0.15, 0.2) is 11.7 Å². The van der Waals surface area contributed by atoms with E-state index in [2.05, 4.69) is 22.0 Å². The standard InChI is InChI=1S/C20H33N5O3.HI/c1-3-21-20(22-16-17-6-4-8-23(17)13-15-27-2)25-11-9-24(10-12-25)19(26)18-7-5-14-28-18;/h5,7,14,17H,3-4,6,8-13,15-16H2,1-2H3,(H,21,22);1H. The number of amides is 1. The highest BCUT2D eigenvalue weighted by Gasteiger charge is 2.27. The molecule has 0 radical (unpaired) electrons. The van der Waals surface area contributed by atoms with Gasteiger partial charge in [-0.1, -0.05) is 0 Å². The van der Waals surface area contributed by atoms with Gasteiger partial charge in [0.2, 0.25) is 0 Å². The van der Waals surface area contributed by atoms with Crippen LogP contribution in [0.3, 0.4) is 0 Å². The Morgan fingerprint density at radius 3 is 2.69 bits per heavy atom. The van der Waals surface area contributed by atoms with E-state index in [9.17, 15) is 4.79 Å². The minimum absolute atomic E-state index is 0. The van der Waals surface area contributed by atoms with E-state index >= 15 is 0 Å². The second kappa shape index (κ2) is 12.4. The third-order valence-electron chi connectivity index (χ3n) is 5.47. The summed E-state index contributed by atoms with van der Waals surface area (Å²) in [6.45, 7) is 9.50. The van der Waals surface area contributed by atoms with Gasteiger partial charge in [0.1, 0.15) is 0 Å². The van der Waals surface area contributed by atoms with Gasteiger partial charge in [-0.05, 0) is 38.4 Å². The van der Waals surface area contributed by atoms with Crippen molar-refractivity contribution < 1.29 is 13.9 Å². The molecule has 3 heterocycles. The zero-order valence-electron chi connectivity index (χ0n) is 17.5. The normalized spacial score (nSPS) is 20.6. The average Bonchev–Trinajstić information content (AvgIpc) is 3.41. The van der Waals surface area contributed by atoms with E-state index in [0.29, 0.717) is 24.9 Å². The highest BCUT2D eigenvalue weighted by Crippen LogP contribution is 2.17. The maximum Gasteiger partial charge on any atom is 0.289 e. The number of carbonyl (C=O) groups excluding carboxylic acids is 1. The molecule has 1 aromatic heterocycles. The second-order valence-electron chi connectivity index (χ2n) is 7.28. The van der Waals surface area contributed by atoms with Crippen LogP contribution in [0.2, 0.25) is 0 Å². The van der Waals surface area contributed by atoms with Crippen LogP contribution >= 0.6 is 24.0 Å². The number of hydrogen-bond donors (Lipinski definition) is 1. The average molecular weight is 519 g/mol. The summed E-state index contributed by atoms with van der Waals surface area (Å²) in [5, 5.41) is 3.42.